The largest absolute Gasteiger partial charge is 0.504 e. The summed E-state index contributed by atoms with van der Waals surface area (Å²) in [6.07, 6.45) is -0.395. The Hall–Kier alpha value is -2.36. The maximum Gasteiger partial charge on any atom is 0.290 e. The number of hydrogen-bond acceptors (Lipinski definition) is 7. The molecule has 2 aliphatic rings. The molecule has 4 atom stereocenters. The van der Waals surface area contributed by atoms with Crippen molar-refractivity contribution >= 4 is 12.4 Å². The van der Waals surface area contributed by atoms with Crippen molar-refractivity contribution in [3.05, 3.63) is 23.8 Å². The fourth-order valence-electron chi connectivity index (χ4n) is 3.02. The minimum absolute atomic E-state index is 0.0757. The zero-order valence-electron chi connectivity index (χ0n) is 14.3. The number of phenolic OH excluding ortho intramolecular Hbond substituents is 1. The molecule has 1 aromatic rings. The standard InChI is InChI=1S/C16H21NO6.CH2O2/c1-21-13-6-9(2-4-11(13)18)3-5-14(20)17-10-7-22-16-12(19)8-23-15(10)16;2-1-3/h2,4,6,10,12,15-16,18-19H,3,5,7-8H2,1H3,(H,17,20);1H,(H,2,3)/t10-,12-,15-,16-;/m1./s1. The maximum atomic E-state index is 12.1. The van der Waals surface area contributed by atoms with E-state index < -0.39 is 6.10 Å². The molecule has 1 amide bonds. The third-order valence-electron chi connectivity index (χ3n) is 4.26. The number of ether oxygens (including phenoxy) is 3. The molecule has 1 aromatic carbocycles. The van der Waals surface area contributed by atoms with Crippen LogP contribution in [0.15, 0.2) is 18.2 Å². The van der Waals surface area contributed by atoms with Crippen molar-refractivity contribution in [1.82, 2.24) is 5.32 Å². The lowest BCUT2D eigenvalue weighted by Crippen LogP contribution is -2.44. The van der Waals surface area contributed by atoms with Gasteiger partial charge in [0.05, 0.1) is 26.4 Å². The number of aromatic hydroxyl groups is 1. The van der Waals surface area contributed by atoms with Crippen LogP contribution in [0.3, 0.4) is 0 Å². The Morgan fingerprint density at radius 2 is 2.04 bits per heavy atom. The summed E-state index contributed by atoms with van der Waals surface area (Å²) in [4.78, 5) is 20.5. The quantitative estimate of drug-likeness (QED) is 0.519. The summed E-state index contributed by atoms with van der Waals surface area (Å²) in [5.41, 5.74) is 0.905. The van der Waals surface area contributed by atoms with E-state index in [4.69, 9.17) is 24.1 Å². The molecule has 0 aromatic heterocycles. The number of carboxylic acid groups (broad SMARTS) is 1. The summed E-state index contributed by atoms with van der Waals surface area (Å²) < 4.78 is 16.0. The van der Waals surface area contributed by atoms with Gasteiger partial charge in [-0.2, -0.15) is 0 Å². The van der Waals surface area contributed by atoms with Gasteiger partial charge < -0.3 is 34.8 Å². The summed E-state index contributed by atoms with van der Waals surface area (Å²) in [6, 6.07) is 4.80. The molecule has 0 saturated carbocycles. The zero-order valence-corrected chi connectivity index (χ0v) is 14.3. The van der Waals surface area contributed by atoms with E-state index in [0.717, 1.165) is 5.56 Å². The molecule has 2 aliphatic heterocycles. The van der Waals surface area contributed by atoms with Gasteiger partial charge in [0.2, 0.25) is 5.91 Å². The summed E-state index contributed by atoms with van der Waals surface area (Å²) in [5.74, 6) is 0.367. The van der Waals surface area contributed by atoms with Gasteiger partial charge in [0.15, 0.2) is 11.5 Å². The van der Waals surface area contributed by atoms with Crippen LogP contribution in [0.25, 0.3) is 0 Å². The van der Waals surface area contributed by atoms with Gasteiger partial charge in [0.1, 0.15) is 18.3 Å². The number of benzene rings is 1. The normalized spacial score (nSPS) is 26.4. The van der Waals surface area contributed by atoms with E-state index in [1.807, 2.05) is 0 Å². The van der Waals surface area contributed by atoms with Crippen LogP contribution in [-0.2, 0) is 25.5 Å². The van der Waals surface area contributed by atoms with Gasteiger partial charge in [-0.05, 0) is 24.1 Å². The smallest absolute Gasteiger partial charge is 0.290 e. The lowest BCUT2D eigenvalue weighted by atomic mass is 10.1. The summed E-state index contributed by atoms with van der Waals surface area (Å²) in [5, 5.41) is 29.0. The van der Waals surface area contributed by atoms with E-state index >= 15 is 0 Å². The van der Waals surface area contributed by atoms with Crippen molar-refractivity contribution in [2.45, 2.75) is 37.2 Å². The lowest BCUT2D eigenvalue weighted by Gasteiger charge is -2.17. The minimum Gasteiger partial charge on any atom is -0.504 e. The number of carbonyl (C=O) groups is 2. The lowest BCUT2D eigenvalue weighted by molar-refractivity contribution is -0.123. The molecular weight excluding hydrogens is 346 g/mol. The van der Waals surface area contributed by atoms with Crippen molar-refractivity contribution < 1.29 is 39.1 Å². The van der Waals surface area contributed by atoms with Gasteiger partial charge >= 0.3 is 0 Å². The van der Waals surface area contributed by atoms with E-state index in [1.165, 1.54) is 7.11 Å². The first-order valence-electron chi connectivity index (χ1n) is 8.14. The number of aryl methyl sites for hydroxylation is 1. The number of carbonyl (C=O) groups excluding carboxylic acids is 1. The van der Waals surface area contributed by atoms with Gasteiger partial charge in [-0.3, -0.25) is 9.59 Å². The molecule has 26 heavy (non-hydrogen) atoms. The number of hydrogen-bond donors (Lipinski definition) is 4. The third-order valence-corrected chi connectivity index (χ3v) is 4.26. The second kappa shape index (κ2) is 9.37. The van der Waals surface area contributed by atoms with E-state index in [-0.39, 0.29) is 43.0 Å². The number of aliphatic hydroxyl groups excluding tert-OH is 1. The van der Waals surface area contributed by atoms with Crippen LogP contribution in [0, 0.1) is 0 Å². The van der Waals surface area contributed by atoms with Crippen LogP contribution in [0.2, 0.25) is 0 Å². The third kappa shape index (κ3) is 4.84. The highest BCUT2D eigenvalue weighted by Gasteiger charge is 2.47. The van der Waals surface area contributed by atoms with Gasteiger partial charge in [-0.25, -0.2) is 0 Å². The monoisotopic (exact) mass is 369 g/mol. The van der Waals surface area contributed by atoms with Gasteiger partial charge in [-0.15, -0.1) is 0 Å². The maximum absolute atomic E-state index is 12.1. The average Bonchev–Trinajstić information content (AvgIpc) is 3.18. The Balaban J connectivity index is 0.000000758. The summed E-state index contributed by atoms with van der Waals surface area (Å²) >= 11 is 0. The van der Waals surface area contributed by atoms with Gasteiger partial charge in [-0.1, -0.05) is 6.07 Å². The van der Waals surface area contributed by atoms with E-state index in [1.54, 1.807) is 18.2 Å². The van der Waals surface area contributed by atoms with Gasteiger partial charge in [0, 0.05) is 6.42 Å². The minimum atomic E-state index is -0.619. The second-order valence-electron chi connectivity index (χ2n) is 5.95. The van der Waals surface area contributed by atoms with E-state index in [9.17, 15) is 15.0 Å². The highest BCUT2D eigenvalue weighted by Crippen LogP contribution is 2.28. The summed E-state index contributed by atoms with van der Waals surface area (Å²) in [6.45, 7) is 0.347. The fraction of sp³-hybridized carbons (Fsp3) is 0.529. The van der Waals surface area contributed by atoms with E-state index in [2.05, 4.69) is 5.32 Å². The number of amides is 1. The molecular formula is C17H23NO8. The molecule has 9 nitrogen and oxygen atoms in total. The highest BCUT2D eigenvalue weighted by molar-refractivity contribution is 5.76. The van der Waals surface area contributed by atoms with Crippen LogP contribution in [0.5, 0.6) is 11.5 Å². The molecule has 0 bridgehead atoms. The van der Waals surface area contributed by atoms with E-state index in [0.29, 0.717) is 25.2 Å². The number of fused-ring (bicyclic) bond motifs is 1. The molecule has 2 heterocycles. The first-order valence-corrected chi connectivity index (χ1v) is 8.14. The number of methoxy groups -OCH3 is 1. The van der Waals surface area contributed by atoms with Crippen molar-refractivity contribution in [3.8, 4) is 11.5 Å². The highest BCUT2D eigenvalue weighted by atomic mass is 16.6. The average molecular weight is 369 g/mol. The number of phenols is 1. The Morgan fingerprint density at radius 3 is 2.73 bits per heavy atom. The van der Waals surface area contributed by atoms with Crippen molar-refractivity contribution in [2.75, 3.05) is 20.3 Å². The predicted octanol–water partition coefficient (Wildman–Crippen LogP) is -0.322. The Kier molecular flexibility index (Phi) is 7.19. The van der Waals surface area contributed by atoms with Gasteiger partial charge in [0.25, 0.3) is 6.47 Å². The Bertz CT molecular complexity index is 623. The molecule has 9 heteroatoms. The Morgan fingerprint density at radius 1 is 1.35 bits per heavy atom. The first kappa shape index (κ1) is 20.0. The molecule has 4 N–H and O–H groups in total. The van der Waals surface area contributed by atoms with Crippen molar-refractivity contribution in [1.29, 1.82) is 0 Å². The molecule has 3 rings (SSSR count). The van der Waals surface area contributed by atoms with Crippen molar-refractivity contribution in [3.63, 3.8) is 0 Å². The SMILES string of the molecule is COc1cc(CCC(=O)N[C@@H]2CO[C@H]3[C@@H]2OC[C@H]3O)ccc1O.O=CO. The summed E-state index contributed by atoms with van der Waals surface area (Å²) in [7, 11) is 1.48. The predicted molar refractivity (Wildman–Crippen MR) is 89.1 cm³/mol. The molecule has 2 saturated heterocycles. The van der Waals surface area contributed by atoms with Crippen LogP contribution in [0.4, 0.5) is 0 Å². The van der Waals surface area contributed by atoms with Crippen LogP contribution < -0.4 is 10.1 Å². The molecule has 0 unspecified atom stereocenters. The van der Waals surface area contributed by atoms with Crippen molar-refractivity contribution in [2.24, 2.45) is 0 Å². The molecule has 2 fully saturated rings. The number of nitrogens with one attached hydrogen (secondary N) is 1. The molecule has 0 radical (unpaired) electrons. The van der Waals surface area contributed by atoms with Crippen LogP contribution in [0.1, 0.15) is 12.0 Å². The molecule has 0 spiro atoms. The Labute approximate surface area is 150 Å². The zero-order chi connectivity index (χ0) is 19.1. The number of aliphatic hydroxyl groups is 1. The first-order chi connectivity index (χ1) is 12.5. The van der Waals surface area contributed by atoms with Crippen LogP contribution >= 0.6 is 0 Å². The van der Waals surface area contributed by atoms with Crippen LogP contribution in [-0.4, -0.2) is 72.4 Å². The second-order valence-corrected chi connectivity index (χ2v) is 5.95. The molecule has 144 valence electrons. The fourth-order valence-corrected chi connectivity index (χ4v) is 3.02. The number of rotatable bonds is 5. The molecule has 0 aliphatic carbocycles. The topological polar surface area (TPSA) is 135 Å².